The predicted molar refractivity (Wildman–Crippen MR) is 108 cm³/mol. The summed E-state index contributed by atoms with van der Waals surface area (Å²) in [6.07, 6.45) is 5.70. The zero-order valence-electron chi connectivity index (χ0n) is 17.3. The molecule has 1 aliphatic heterocycles. The molecule has 3 rings (SSSR count). The van der Waals surface area contributed by atoms with Crippen LogP contribution in [0.25, 0.3) is 0 Å². The molecule has 2 nitrogen and oxygen atoms in total. The van der Waals surface area contributed by atoms with Gasteiger partial charge in [-0.25, -0.2) is 4.39 Å². The number of nitrogens with zero attached hydrogens (tertiary/aromatic N) is 2. The fraction of sp³-hybridized carbons (Fsp3) is 0.739. The van der Waals surface area contributed by atoms with Crippen molar-refractivity contribution in [3.63, 3.8) is 0 Å². The Bertz CT molecular complexity index is 596. The Kier molecular flexibility index (Phi) is 6.40. The molecule has 0 N–H and O–H groups in total. The van der Waals surface area contributed by atoms with E-state index in [1.807, 2.05) is 6.07 Å². The molecule has 0 spiro atoms. The highest BCUT2D eigenvalue weighted by molar-refractivity contribution is 5.31. The third kappa shape index (κ3) is 3.99. The number of piperazine rings is 1. The van der Waals surface area contributed by atoms with Crippen molar-refractivity contribution >= 4 is 0 Å². The van der Waals surface area contributed by atoms with Crippen LogP contribution in [0.2, 0.25) is 0 Å². The lowest BCUT2D eigenvalue weighted by Gasteiger charge is -2.50. The van der Waals surface area contributed by atoms with Crippen LogP contribution in [0.4, 0.5) is 4.39 Å². The van der Waals surface area contributed by atoms with Crippen LogP contribution in [0.3, 0.4) is 0 Å². The first-order valence-corrected chi connectivity index (χ1v) is 10.8. The average molecular weight is 361 g/mol. The lowest BCUT2D eigenvalue weighted by atomic mass is 9.93. The van der Waals surface area contributed by atoms with Crippen LogP contribution in [-0.4, -0.2) is 41.0 Å². The van der Waals surface area contributed by atoms with E-state index < -0.39 is 0 Å². The third-order valence-electron chi connectivity index (χ3n) is 6.61. The van der Waals surface area contributed by atoms with Crippen molar-refractivity contribution < 1.29 is 4.39 Å². The van der Waals surface area contributed by atoms with Gasteiger partial charge in [-0.3, -0.25) is 9.80 Å². The minimum atomic E-state index is 0.00967. The van der Waals surface area contributed by atoms with Crippen molar-refractivity contribution in [2.45, 2.75) is 96.8 Å². The second kappa shape index (κ2) is 8.39. The van der Waals surface area contributed by atoms with Crippen LogP contribution in [-0.2, 0) is 0 Å². The Morgan fingerprint density at radius 2 is 1.62 bits per heavy atom. The predicted octanol–water partition coefficient (Wildman–Crippen LogP) is 5.74. The molecule has 0 aromatic heterocycles. The molecule has 1 saturated heterocycles. The van der Waals surface area contributed by atoms with Gasteiger partial charge in [0.1, 0.15) is 5.82 Å². The van der Waals surface area contributed by atoms with Gasteiger partial charge >= 0.3 is 0 Å². The molecule has 3 heteroatoms. The van der Waals surface area contributed by atoms with Crippen molar-refractivity contribution in [2.75, 3.05) is 13.1 Å². The van der Waals surface area contributed by atoms with E-state index >= 15 is 4.39 Å². The summed E-state index contributed by atoms with van der Waals surface area (Å²) in [6.45, 7) is 13.5. The van der Waals surface area contributed by atoms with E-state index in [1.165, 1.54) is 18.4 Å². The summed E-state index contributed by atoms with van der Waals surface area (Å²) in [5, 5.41) is 0. The summed E-state index contributed by atoms with van der Waals surface area (Å²) >= 11 is 0. The maximum absolute atomic E-state index is 15.0. The molecule has 146 valence electrons. The van der Waals surface area contributed by atoms with Gasteiger partial charge in [0, 0.05) is 42.8 Å². The van der Waals surface area contributed by atoms with Gasteiger partial charge in [-0.2, -0.15) is 0 Å². The molecule has 0 unspecified atom stereocenters. The zero-order valence-corrected chi connectivity index (χ0v) is 17.3. The lowest BCUT2D eigenvalue weighted by Crippen LogP contribution is -2.60. The minimum absolute atomic E-state index is 0.00967. The maximum Gasteiger partial charge on any atom is 0.128 e. The molecule has 0 radical (unpaired) electrons. The van der Waals surface area contributed by atoms with Crippen LogP contribution in [0.1, 0.15) is 89.8 Å². The van der Waals surface area contributed by atoms with Crippen molar-refractivity contribution in [3.8, 4) is 0 Å². The first-order valence-electron chi connectivity index (χ1n) is 10.8. The normalized spacial score (nSPS) is 26.4. The summed E-state index contributed by atoms with van der Waals surface area (Å²) in [4.78, 5) is 5.27. The molecular weight excluding hydrogens is 323 g/mol. The van der Waals surface area contributed by atoms with Crippen molar-refractivity contribution in [1.29, 1.82) is 0 Å². The Morgan fingerprint density at radius 3 is 2.12 bits per heavy atom. The van der Waals surface area contributed by atoms with Crippen molar-refractivity contribution in [1.82, 2.24) is 9.80 Å². The number of benzene rings is 1. The van der Waals surface area contributed by atoms with Gasteiger partial charge < -0.3 is 0 Å². The van der Waals surface area contributed by atoms with E-state index in [9.17, 15) is 0 Å². The summed E-state index contributed by atoms with van der Waals surface area (Å²) in [5.41, 5.74) is 2.10. The highest BCUT2D eigenvalue weighted by Gasteiger charge is 2.37. The molecule has 1 aliphatic carbocycles. The maximum atomic E-state index is 15.0. The summed E-state index contributed by atoms with van der Waals surface area (Å²) < 4.78 is 15.0. The Hall–Kier alpha value is -0.930. The quantitative estimate of drug-likeness (QED) is 0.612. The number of rotatable bonds is 7. The second-order valence-electron chi connectivity index (χ2n) is 8.59. The minimum Gasteiger partial charge on any atom is -0.295 e. The molecule has 2 fully saturated rings. The monoisotopic (exact) mass is 360 g/mol. The molecular formula is C23H37FN2. The van der Waals surface area contributed by atoms with E-state index in [4.69, 9.17) is 0 Å². The highest BCUT2D eigenvalue weighted by Crippen LogP contribution is 2.41. The number of hydrogen-bond donors (Lipinski definition) is 0. The van der Waals surface area contributed by atoms with E-state index in [0.29, 0.717) is 24.0 Å². The lowest BCUT2D eigenvalue weighted by molar-refractivity contribution is -0.0185. The Balaban J connectivity index is 1.85. The van der Waals surface area contributed by atoms with Gasteiger partial charge in [0.15, 0.2) is 0 Å². The highest BCUT2D eigenvalue weighted by atomic mass is 19.1. The largest absolute Gasteiger partial charge is 0.295 e. The first kappa shape index (κ1) is 19.8. The molecule has 26 heavy (non-hydrogen) atoms. The van der Waals surface area contributed by atoms with Crippen LogP contribution in [0, 0.1) is 5.82 Å². The molecule has 1 saturated carbocycles. The van der Waals surface area contributed by atoms with Gasteiger partial charge in [0.05, 0.1) is 0 Å². The molecule has 1 heterocycles. The number of hydrogen-bond acceptors (Lipinski definition) is 2. The van der Waals surface area contributed by atoms with Gasteiger partial charge in [-0.05, 0) is 63.5 Å². The van der Waals surface area contributed by atoms with Crippen molar-refractivity contribution in [2.24, 2.45) is 0 Å². The second-order valence-corrected chi connectivity index (χ2v) is 8.59. The summed E-state index contributed by atoms with van der Waals surface area (Å²) in [6, 6.07) is 7.93. The first-order chi connectivity index (χ1) is 12.5. The van der Waals surface area contributed by atoms with Gasteiger partial charge in [0.2, 0.25) is 0 Å². The SMILES string of the molecule is CC[C@H]1CN([C@H](CC)c2ccc(C3CC3)cc2F)[C@H](CC)CN1C(C)C. The molecule has 1 aromatic carbocycles. The topological polar surface area (TPSA) is 6.48 Å². The molecule has 0 bridgehead atoms. The molecule has 0 amide bonds. The van der Waals surface area contributed by atoms with Gasteiger partial charge in [-0.1, -0.05) is 32.9 Å². The average Bonchev–Trinajstić information content (AvgIpc) is 3.48. The third-order valence-corrected chi connectivity index (χ3v) is 6.61. The molecule has 2 aliphatic rings. The molecule has 1 aromatic rings. The van der Waals surface area contributed by atoms with E-state index in [1.54, 1.807) is 0 Å². The van der Waals surface area contributed by atoms with Crippen LogP contribution >= 0.6 is 0 Å². The van der Waals surface area contributed by atoms with Crippen molar-refractivity contribution in [3.05, 3.63) is 35.1 Å². The van der Waals surface area contributed by atoms with Gasteiger partial charge in [-0.15, -0.1) is 0 Å². The Morgan fingerprint density at radius 1 is 1.00 bits per heavy atom. The molecule has 3 atom stereocenters. The zero-order chi connectivity index (χ0) is 18.8. The van der Waals surface area contributed by atoms with E-state index in [2.05, 4.69) is 56.6 Å². The summed E-state index contributed by atoms with van der Waals surface area (Å²) in [5.74, 6) is 0.622. The Labute approximate surface area is 159 Å². The standard InChI is InChI=1S/C23H37FN2/c1-6-19-15-26(20(7-2)14-25(19)16(4)5)23(8-3)21-12-11-18(13-22(21)24)17-9-10-17/h11-13,16-17,19-20,23H,6-10,14-15H2,1-5H3/t19-,20+,23+/m0/s1. The smallest absolute Gasteiger partial charge is 0.128 e. The summed E-state index contributed by atoms with van der Waals surface area (Å²) in [7, 11) is 0. The fourth-order valence-corrected chi connectivity index (χ4v) is 4.85. The van der Waals surface area contributed by atoms with E-state index in [0.717, 1.165) is 37.9 Å². The van der Waals surface area contributed by atoms with E-state index in [-0.39, 0.29) is 11.9 Å². The fourth-order valence-electron chi connectivity index (χ4n) is 4.85. The van der Waals surface area contributed by atoms with Crippen LogP contribution in [0.15, 0.2) is 18.2 Å². The van der Waals surface area contributed by atoms with Gasteiger partial charge in [0.25, 0.3) is 0 Å². The van der Waals surface area contributed by atoms with Crippen LogP contribution in [0.5, 0.6) is 0 Å². The number of halogens is 1. The van der Waals surface area contributed by atoms with Crippen LogP contribution < -0.4 is 0 Å².